The molecular weight excluding hydrogens is 320 g/mol. The van der Waals surface area contributed by atoms with Crippen LogP contribution in [0.4, 0.5) is 11.4 Å². The quantitative estimate of drug-likeness (QED) is 0.450. The molecule has 0 amide bonds. The molecule has 0 radical (unpaired) electrons. The first-order chi connectivity index (χ1) is 9.65. The molecule has 1 saturated heterocycles. The van der Waals surface area contributed by atoms with E-state index in [1.165, 1.54) is 25.7 Å². The van der Waals surface area contributed by atoms with E-state index in [2.05, 4.69) is 27.8 Å². The van der Waals surface area contributed by atoms with E-state index >= 15 is 0 Å². The standard InChI is InChI=1S/C15H21BrN2O2/c1-2-3-12-6-8-17(9-7-12)15-5-4-14(18(19)20)10-13(15)11-16/h4-5,10,12H,2-3,6-9,11H2,1H3. The van der Waals surface area contributed by atoms with Gasteiger partial charge in [0.15, 0.2) is 0 Å². The molecule has 1 aromatic carbocycles. The van der Waals surface area contributed by atoms with E-state index in [9.17, 15) is 10.1 Å². The summed E-state index contributed by atoms with van der Waals surface area (Å²) in [6.45, 7) is 4.36. The summed E-state index contributed by atoms with van der Waals surface area (Å²) in [5, 5.41) is 11.5. The molecule has 0 aromatic heterocycles. The second-order valence-electron chi connectivity index (χ2n) is 5.42. The second-order valence-corrected chi connectivity index (χ2v) is 5.98. The van der Waals surface area contributed by atoms with Gasteiger partial charge in [-0.3, -0.25) is 10.1 Å². The zero-order chi connectivity index (χ0) is 14.5. The summed E-state index contributed by atoms with van der Waals surface area (Å²) < 4.78 is 0. The third kappa shape index (κ3) is 3.51. The van der Waals surface area contributed by atoms with Crippen LogP contribution in [0.25, 0.3) is 0 Å². The SMILES string of the molecule is CCCC1CCN(c2ccc([N+](=O)[O-])cc2CBr)CC1. The molecule has 1 fully saturated rings. The Hall–Kier alpha value is -1.10. The van der Waals surface area contributed by atoms with Crippen molar-refractivity contribution in [3.05, 3.63) is 33.9 Å². The molecule has 1 aromatic rings. The zero-order valence-electron chi connectivity index (χ0n) is 11.8. The van der Waals surface area contributed by atoms with Gasteiger partial charge >= 0.3 is 0 Å². The highest BCUT2D eigenvalue weighted by atomic mass is 79.9. The third-order valence-electron chi connectivity index (χ3n) is 4.07. The lowest BCUT2D eigenvalue weighted by Crippen LogP contribution is -2.34. The molecule has 1 aliphatic heterocycles. The highest BCUT2D eigenvalue weighted by Gasteiger charge is 2.21. The van der Waals surface area contributed by atoms with Gasteiger partial charge in [0.05, 0.1) is 4.92 Å². The Morgan fingerprint density at radius 2 is 2.10 bits per heavy atom. The van der Waals surface area contributed by atoms with Crippen LogP contribution in [0.5, 0.6) is 0 Å². The molecular formula is C15H21BrN2O2. The molecule has 4 nitrogen and oxygen atoms in total. The molecule has 20 heavy (non-hydrogen) atoms. The lowest BCUT2D eigenvalue weighted by molar-refractivity contribution is -0.384. The molecule has 0 unspecified atom stereocenters. The maximum absolute atomic E-state index is 10.8. The Morgan fingerprint density at radius 3 is 2.65 bits per heavy atom. The predicted octanol–water partition coefficient (Wildman–Crippen LogP) is 4.51. The summed E-state index contributed by atoms with van der Waals surface area (Å²) in [5.41, 5.74) is 2.32. The first kappa shape index (κ1) is 15.3. The number of nitrogens with zero attached hydrogens (tertiary/aromatic N) is 2. The van der Waals surface area contributed by atoms with Crippen molar-refractivity contribution in [2.45, 2.75) is 37.9 Å². The van der Waals surface area contributed by atoms with Gasteiger partial charge in [0.25, 0.3) is 5.69 Å². The van der Waals surface area contributed by atoms with Gasteiger partial charge < -0.3 is 4.90 Å². The molecule has 1 aliphatic rings. The highest BCUT2D eigenvalue weighted by molar-refractivity contribution is 9.08. The first-order valence-corrected chi connectivity index (χ1v) is 8.36. The van der Waals surface area contributed by atoms with E-state index in [4.69, 9.17) is 0 Å². The minimum Gasteiger partial charge on any atom is -0.371 e. The van der Waals surface area contributed by atoms with Crippen LogP contribution in [0.1, 0.15) is 38.2 Å². The molecule has 2 rings (SSSR count). The van der Waals surface area contributed by atoms with Gasteiger partial charge in [-0.1, -0.05) is 35.7 Å². The van der Waals surface area contributed by atoms with Crippen molar-refractivity contribution in [3.63, 3.8) is 0 Å². The fraction of sp³-hybridized carbons (Fsp3) is 0.600. The molecule has 0 atom stereocenters. The number of piperidine rings is 1. The fourth-order valence-electron chi connectivity index (χ4n) is 2.97. The number of non-ortho nitro benzene ring substituents is 1. The maximum atomic E-state index is 10.8. The lowest BCUT2D eigenvalue weighted by Gasteiger charge is -2.34. The minimum absolute atomic E-state index is 0.170. The van der Waals surface area contributed by atoms with Crippen LogP contribution in [0.2, 0.25) is 0 Å². The van der Waals surface area contributed by atoms with Gasteiger partial charge in [0.2, 0.25) is 0 Å². The summed E-state index contributed by atoms with van der Waals surface area (Å²) >= 11 is 3.45. The van der Waals surface area contributed by atoms with E-state index in [-0.39, 0.29) is 10.6 Å². The van der Waals surface area contributed by atoms with Crippen molar-refractivity contribution in [1.82, 2.24) is 0 Å². The maximum Gasteiger partial charge on any atom is 0.269 e. The third-order valence-corrected chi connectivity index (χ3v) is 4.67. The lowest BCUT2D eigenvalue weighted by atomic mass is 9.92. The molecule has 0 N–H and O–H groups in total. The second kappa shape index (κ2) is 7.07. The van der Waals surface area contributed by atoms with E-state index in [1.807, 2.05) is 6.07 Å². The van der Waals surface area contributed by atoms with Gasteiger partial charge in [0, 0.05) is 36.2 Å². The molecule has 0 spiro atoms. The van der Waals surface area contributed by atoms with Crippen molar-refractivity contribution in [3.8, 4) is 0 Å². The Morgan fingerprint density at radius 1 is 1.40 bits per heavy atom. The van der Waals surface area contributed by atoms with Gasteiger partial charge in [-0.2, -0.15) is 0 Å². The van der Waals surface area contributed by atoms with E-state index < -0.39 is 0 Å². The molecule has 5 heteroatoms. The largest absolute Gasteiger partial charge is 0.371 e. The molecule has 0 aliphatic carbocycles. The summed E-state index contributed by atoms with van der Waals surface area (Å²) in [7, 11) is 0. The normalized spacial score (nSPS) is 16.4. The fourth-order valence-corrected chi connectivity index (χ4v) is 3.42. The average molecular weight is 341 g/mol. The number of benzene rings is 1. The van der Waals surface area contributed by atoms with Crippen molar-refractivity contribution >= 4 is 27.3 Å². The van der Waals surface area contributed by atoms with Crippen molar-refractivity contribution in [2.24, 2.45) is 5.92 Å². The Balaban J connectivity index is 2.11. The number of nitro benzene ring substituents is 1. The topological polar surface area (TPSA) is 46.4 Å². The highest BCUT2D eigenvalue weighted by Crippen LogP contribution is 2.31. The monoisotopic (exact) mass is 340 g/mol. The summed E-state index contributed by atoms with van der Waals surface area (Å²) in [6.07, 6.45) is 5.04. The molecule has 0 saturated carbocycles. The van der Waals surface area contributed by atoms with Crippen LogP contribution < -0.4 is 4.90 Å². The van der Waals surface area contributed by atoms with Crippen molar-refractivity contribution in [1.29, 1.82) is 0 Å². The van der Waals surface area contributed by atoms with Crippen LogP contribution in [0, 0.1) is 16.0 Å². The molecule has 110 valence electrons. The Labute approximate surface area is 128 Å². The average Bonchev–Trinajstić information content (AvgIpc) is 2.47. The van der Waals surface area contributed by atoms with Crippen LogP contribution in [0.3, 0.4) is 0 Å². The predicted molar refractivity (Wildman–Crippen MR) is 85.6 cm³/mol. The summed E-state index contributed by atoms with van der Waals surface area (Å²) in [4.78, 5) is 12.9. The number of hydrogen-bond acceptors (Lipinski definition) is 3. The van der Waals surface area contributed by atoms with Crippen molar-refractivity contribution in [2.75, 3.05) is 18.0 Å². The van der Waals surface area contributed by atoms with Crippen molar-refractivity contribution < 1.29 is 4.92 Å². The number of anilines is 1. The van der Waals surface area contributed by atoms with Crippen LogP contribution in [-0.4, -0.2) is 18.0 Å². The van der Waals surface area contributed by atoms with Gasteiger partial charge in [-0.05, 0) is 30.4 Å². The molecule has 1 heterocycles. The number of alkyl halides is 1. The van der Waals surface area contributed by atoms with Crippen LogP contribution in [-0.2, 0) is 5.33 Å². The smallest absolute Gasteiger partial charge is 0.269 e. The molecule has 0 bridgehead atoms. The summed E-state index contributed by atoms with van der Waals surface area (Å²) in [5.74, 6) is 0.849. The van der Waals surface area contributed by atoms with E-state index in [0.717, 1.165) is 30.3 Å². The minimum atomic E-state index is -0.330. The van der Waals surface area contributed by atoms with Crippen LogP contribution >= 0.6 is 15.9 Å². The Kier molecular flexibility index (Phi) is 5.40. The van der Waals surface area contributed by atoms with Gasteiger partial charge in [-0.15, -0.1) is 0 Å². The number of nitro groups is 1. The number of hydrogen-bond donors (Lipinski definition) is 0. The first-order valence-electron chi connectivity index (χ1n) is 7.24. The van der Waals surface area contributed by atoms with Gasteiger partial charge in [0.1, 0.15) is 0 Å². The van der Waals surface area contributed by atoms with Crippen LogP contribution in [0.15, 0.2) is 18.2 Å². The number of rotatable bonds is 5. The van der Waals surface area contributed by atoms with E-state index in [1.54, 1.807) is 12.1 Å². The number of halogens is 1. The zero-order valence-corrected chi connectivity index (χ0v) is 13.4. The summed E-state index contributed by atoms with van der Waals surface area (Å²) in [6, 6.07) is 5.19. The van der Waals surface area contributed by atoms with E-state index in [0.29, 0.717) is 5.33 Å². The Bertz CT molecular complexity index is 471. The van der Waals surface area contributed by atoms with Gasteiger partial charge in [-0.25, -0.2) is 0 Å².